The molecule has 0 amide bonds. The van der Waals surface area contributed by atoms with E-state index >= 15 is 0 Å². The molecule has 0 radical (unpaired) electrons. The van der Waals surface area contributed by atoms with Crippen molar-refractivity contribution in [1.29, 1.82) is 0 Å². The van der Waals surface area contributed by atoms with Gasteiger partial charge in [-0.1, -0.05) is 0 Å². The summed E-state index contributed by atoms with van der Waals surface area (Å²) in [6, 6.07) is 0. The van der Waals surface area contributed by atoms with E-state index in [4.69, 9.17) is 16.3 Å². The summed E-state index contributed by atoms with van der Waals surface area (Å²) >= 11 is 0. The number of nitrogens with zero attached hydrogens (tertiary/aromatic N) is 7. The molecule has 42 valence electrons. The quantitative estimate of drug-likeness (QED) is 0.251. The van der Waals surface area contributed by atoms with Gasteiger partial charge in [0.1, 0.15) is 0 Å². The van der Waals surface area contributed by atoms with Crippen LogP contribution in [0.15, 0.2) is 10.4 Å². The molecule has 0 aliphatic rings. The molecule has 0 aliphatic carbocycles. The van der Waals surface area contributed by atoms with E-state index in [1.165, 1.54) is 0 Å². The topological polar surface area (TPSA) is 121 Å². The van der Waals surface area contributed by atoms with Crippen molar-refractivity contribution in [2.24, 2.45) is 10.4 Å². The molecule has 0 saturated carbocycles. The summed E-state index contributed by atoms with van der Waals surface area (Å²) in [5, 5.41) is 12.7. The van der Waals surface area contributed by atoms with Crippen LogP contribution in [-0.2, 0) is 0 Å². The molecule has 0 aromatic rings. The summed E-state index contributed by atoms with van der Waals surface area (Å²) in [4.78, 5) is 4.18. The van der Waals surface area contributed by atoms with Crippen molar-refractivity contribution in [2.75, 3.05) is 0 Å². The van der Waals surface area contributed by atoms with Crippen LogP contribution in [0.3, 0.4) is 0 Å². The van der Waals surface area contributed by atoms with E-state index in [2.05, 4.69) is 20.3 Å². The minimum absolute atomic E-state index is 0.222. The van der Waals surface area contributed by atoms with Gasteiger partial charge < -0.3 is 0 Å². The largest absolute Gasteiger partial charge is 0.194 e. The van der Waals surface area contributed by atoms with Crippen molar-refractivity contribution in [3.05, 3.63) is 20.9 Å². The smallest absolute Gasteiger partial charge is 0.0264 e. The third-order valence-corrected chi connectivity index (χ3v) is 0.240. The van der Waals surface area contributed by atoms with E-state index in [9.17, 15) is 0 Å². The highest BCUT2D eigenvalue weighted by molar-refractivity contribution is 4.36. The lowest BCUT2D eigenvalue weighted by atomic mass is 12.3. The molecule has 0 heterocycles. The van der Waals surface area contributed by atoms with E-state index in [-0.39, 0.29) is 5.28 Å². The van der Waals surface area contributed by atoms with Crippen molar-refractivity contribution in [1.82, 2.24) is 5.28 Å². The first kappa shape index (κ1) is 6.38. The van der Waals surface area contributed by atoms with Crippen LogP contribution < -0.4 is 0 Å². The number of hydrogen-bond acceptors (Lipinski definition) is 3. The third kappa shape index (κ3) is 2.61. The van der Waals surface area contributed by atoms with Gasteiger partial charge in [0.15, 0.2) is 0 Å². The normalized spacial score (nSPS) is 6.12. The number of azide groups is 1. The lowest BCUT2D eigenvalue weighted by Crippen LogP contribution is -1.96. The summed E-state index contributed by atoms with van der Waals surface area (Å²) in [6.45, 7) is 0. The highest BCUT2D eigenvalue weighted by Crippen LogP contribution is 1.81. The first-order valence-electron chi connectivity index (χ1n) is 1.40. The van der Waals surface area contributed by atoms with Crippen LogP contribution in [0.25, 0.3) is 20.9 Å². The van der Waals surface area contributed by atoms with Crippen LogP contribution in [-0.4, -0.2) is 10.5 Å². The zero-order chi connectivity index (χ0) is 6.41. The molecular formula is HN7O. The molecule has 0 aromatic heterocycles. The fourth-order valence-corrected chi connectivity index (χ4v) is 0.0894. The van der Waals surface area contributed by atoms with Crippen molar-refractivity contribution in [3.63, 3.8) is 0 Å². The summed E-state index contributed by atoms with van der Waals surface area (Å²) in [5.41, 5.74) is 15.1. The molecule has 0 unspecified atom stereocenters. The highest BCUT2D eigenvalue weighted by atomic mass is 16.6. The average molecular weight is 115 g/mol. The molecule has 0 aliphatic heterocycles. The minimum atomic E-state index is -0.222. The van der Waals surface area contributed by atoms with Crippen molar-refractivity contribution in [2.45, 2.75) is 0 Å². The summed E-state index contributed by atoms with van der Waals surface area (Å²) in [6.07, 6.45) is 0. The lowest BCUT2D eigenvalue weighted by molar-refractivity contribution is -0.0932. The number of hydrogen-bond donors (Lipinski definition) is 1. The maximum Gasteiger partial charge on any atom is 0.0264 e. The van der Waals surface area contributed by atoms with Crippen LogP contribution >= 0.6 is 0 Å². The van der Waals surface area contributed by atoms with Crippen LogP contribution in [0, 0.1) is 0 Å². The van der Waals surface area contributed by atoms with Gasteiger partial charge in [-0.05, 0) is 5.28 Å². The van der Waals surface area contributed by atoms with E-state index in [0.29, 0.717) is 0 Å². The second kappa shape index (κ2) is 3.57. The highest BCUT2D eigenvalue weighted by Gasteiger charge is 1.82. The fraction of sp³-hybridized carbons (Fsp3) is 0. The standard InChI is InChI=1S/HN7O/c1-3-5-7(8)6-4-2/h8H. The molecule has 0 aromatic carbocycles. The Morgan fingerprint density at radius 2 is 1.62 bits per heavy atom. The van der Waals surface area contributed by atoms with Gasteiger partial charge in [0.25, 0.3) is 0 Å². The third-order valence-electron chi connectivity index (χ3n) is 0.240. The van der Waals surface area contributed by atoms with Crippen LogP contribution in [0.1, 0.15) is 0 Å². The molecule has 0 saturated heterocycles. The Bertz CT molecular complexity index is 128. The lowest BCUT2D eigenvalue weighted by Gasteiger charge is -1.88. The Morgan fingerprint density at radius 1 is 1.25 bits per heavy atom. The van der Waals surface area contributed by atoms with Gasteiger partial charge in [-0.25, -0.2) is 0 Å². The number of rotatable bonds is 2. The van der Waals surface area contributed by atoms with Gasteiger partial charge in [0.2, 0.25) is 0 Å². The SMILES string of the molecule is [N-]=[N+]=NN(O)N=[N+]=[N-]. The zero-order valence-electron chi connectivity index (χ0n) is 3.58. The van der Waals surface area contributed by atoms with Gasteiger partial charge in [-0.15, -0.1) is 11.1 Å². The zero-order valence-corrected chi connectivity index (χ0v) is 3.58. The maximum atomic E-state index is 8.04. The molecular weight excluding hydrogens is 114 g/mol. The predicted octanol–water partition coefficient (Wildman–Crippen LogP) is 1.13. The van der Waals surface area contributed by atoms with Gasteiger partial charge in [-0.2, -0.15) is 15.0 Å². The molecule has 0 fully saturated rings. The Hall–Kier alpha value is -1.62. The second-order valence-electron chi connectivity index (χ2n) is 0.626. The van der Waals surface area contributed by atoms with Crippen LogP contribution in [0.4, 0.5) is 0 Å². The van der Waals surface area contributed by atoms with E-state index in [0.717, 1.165) is 0 Å². The maximum absolute atomic E-state index is 8.04. The Morgan fingerprint density at radius 3 is 1.88 bits per heavy atom. The molecule has 8 heteroatoms. The van der Waals surface area contributed by atoms with Crippen molar-refractivity contribution < 1.29 is 5.21 Å². The molecule has 0 spiro atoms. The Labute approximate surface area is 43.1 Å². The molecule has 1 N–H and O–H groups in total. The summed E-state index contributed by atoms with van der Waals surface area (Å²) in [5.74, 6) is 0. The van der Waals surface area contributed by atoms with E-state index in [1.807, 2.05) is 0 Å². The van der Waals surface area contributed by atoms with Crippen molar-refractivity contribution >= 4 is 0 Å². The average Bonchev–Trinajstić information content (AvgIpc) is 1.68. The molecule has 8 nitrogen and oxygen atoms in total. The van der Waals surface area contributed by atoms with Crippen molar-refractivity contribution in [3.8, 4) is 0 Å². The summed E-state index contributed by atoms with van der Waals surface area (Å²) < 4.78 is 0. The molecule has 8 heavy (non-hydrogen) atoms. The van der Waals surface area contributed by atoms with Crippen LogP contribution in [0.2, 0.25) is 0 Å². The first-order valence-corrected chi connectivity index (χ1v) is 1.40. The minimum Gasteiger partial charge on any atom is -0.194 e. The van der Waals surface area contributed by atoms with E-state index in [1.54, 1.807) is 0 Å². The summed E-state index contributed by atoms with van der Waals surface area (Å²) in [7, 11) is 0. The van der Waals surface area contributed by atoms with Gasteiger partial charge in [0.05, 0.1) is 0 Å². The van der Waals surface area contributed by atoms with Gasteiger partial charge >= 0.3 is 0 Å². The van der Waals surface area contributed by atoms with E-state index < -0.39 is 0 Å². The Balaban J connectivity index is 3.82. The second-order valence-corrected chi connectivity index (χ2v) is 0.626. The van der Waals surface area contributed by atoms with Gasteiger partial charge in [0, 0.05) is 10.4 Å². The monoisotopic (exact) mass is 115 g/mol. The molecule has 0 atom stereocenters. The predicted molar refractivity (Wildman–Crippen MR) is 21.9 cm³/mol. The molecule has 0 bridgehead atoms. The van der Waals surface area contributed by atoms with Crippen LogP contribution in [0.5, 0.6) is 0 Å². The Kier molecular flexibility index (Phi) is 2.84. The first-order chi connectivity index (χ1) is 3.81. The van der Waals surface area contributed by atoms with Gasteiger partial charge in [-0.3, -0.25) is 0 Å². The molecule has 0 rings (SSSR count). The fourth-order valence-electron chi connectivity index (χ4n) is 0.0894.